The largest absolute Gasteiger partial charge is 0.422 e. The Kier molecular flexibility index (Phi) is 5.20. The second-order valence-electron chi connectivity index (χ2n) is 5.52. The highest BCUT2D eigenvalue weighted by molar-refractivity contribution is 7.92. The second kappa shape index (κ2) is 7.42. The van der Waals surface area contributed by atoms with E-state index in [1.54, 1.807) is 0 Å². The maximum atomic E-state index is 13.9. The number of carbonyl (C=O) groups excluding carboxylic acids is 1. The van der Waals surface area contributed by atoms with E-state index in [2.05, 4.69) is 4.98 Å². The van der Waals surface area contributed by atoms with Gasteiger partial charge in [0.05, 0.1) is 10.7 Å². The fourth-order valence-corrected chi connectivity index (χ4v) is 3.74. The van der Waals surface area contributed by atoms with Crippen LogP contribution >= 0.6 is 11.6 Å². The van der Waals surface area contributed by atoms with Gasteiger partial charge in [0.2, 0.25) is 0 Å². The third kappa shape index (κ3) is 3.96. The van der Waals surface area contributed by atoms with Crippen LogP contribution in [0.15, 0.2) is 65.7 Å². The maximum absolute atomic E-state index is 13.9. The first-order valence-corrected chi connectivity index (χ1v) is 9.50. The van der Waals surface area contributed by atoms with E-state index in [1.165, 1.54) is 61.8 Å². The van der Waals surface area contributed by atoms with Gasteiger partial charge in [-0.2, -0.15) is 0 Å². The van der Waals surface area contributed by atoms with Gasteiger partial charge in [0.1, 0.15) is 22.2 Å². The SMILES string of the molecule is CN(c1ccc(OC(=O)c2cc(Cl)c[nH]2)cc1)S(=O)(=O)c1ccccc1F. The minimum absolute atomic E-state index is 0.184. The summed E-state index contributed by atoms with van der Waals surface area (Å²) in [5, 5.41) is 0.372. The monoisotopic (exact) mass is 408 g/mol. The molecule has 0 saturated heterocycles. The fourth-order valence-electron chi connectivity index (χ4n) is 2.31. The lowest BCUT2D eigenvalue weighted by molar-refractivity contribution is 0.0729. The first kappa shape index (κ1) is 18.9. The van der Waals surface area contributed by atoms with Crippen molar-refractivity contribution in [1.82, 2.24) is 4.98 Å². The molecule has 0 amide bonds. The molecule has 0 bridgehead atoms. The number of hydrogen-bond donors (Lipinski definition) is 1. The average Bonchev–Trinajstić information content (AvgIpc) is 3.08. The summed E-state index contributed by atoms with van der Waals surface area (Å²) in [5.74, 6) is -1.26. The predicted octanol–water partition coefficient (Wildman–Crippen LogP) is 3.85. The third-order valence-corrected chi connectivity index (χ3v) is 5.79. The van der Waals surface area contributed by atoms with Crippen LogP contribution in [-0.2, 0) is 10.0 Å². The van der Waals surface area contributed by atoms with E-state index >= 15 is 0 Å². The van der Waals surface area contributed by atoms with Crippen LogP contribution in [-0.4, -0.2) is 26.4 Å². The quantitative estimate of drug-likeness (QED) is 0.513. The van der Waals surface area contributed by atoms with Crippen LogP contribution in [0.3, 0.4) is 0 Å². The molecule has 6 nitrogen and oxygen atoms in total. The molecule has 0 atom stereocenters. The number of aromatic nitrogens is 1. The van der Waals surface area contributed by atoms with Crippen molar-refractivity contribution < 1.29 is 22.3 Å². The molecule has 3 rings (SSSR count). The Morgan fingerprint density at radius 2 is 1.81 bits per heavy atom. The minimum atomic E-state index is -4.07. The summed E-state index contributed by atoms with van der Waals surface area (Å²) in [7, 11) is -2.76. The van der Waals surface area contributed by atoms with E-state index < -0.39 is 26.7 Å². The second-order valence-corrected chi connectivity index (χ2v) is 7.89. The standard InChI is InChI=1S/C18H14ClFN2O4S/c1-22(27(24,25)17-5-3-2-4-15(17)20)13-6-8-14(9-7-13)26-18(23)16-10-12(19)11-21-16/h2-11,21H,1H3. The molecule has 1 heterocycles. The maximum Gasteiger partial charge on any atom is 0.360 e. The molecule has 3 aromatic rings. The van der Waals surface area contributed by atoms with E-state index in [1.807, 2.05) is 0 Å². The highest BCUT2D eigenvalue weighted by Gasteiger charge is 2.24. The Bertz CT molecular complexity index is 1080. The molecule has 0 aliphatic rings. The molecule has 140 valence electrons. The van der Waals surface area contributed by atoms with Crippen LogP contribution in [0.1, 0.15) is 10.5 Å². The number of benzene rings is 2. The van der Waals surface area contributed by atoms with Crippen molar-refractivity contribution in [3.8, 4) is 5.75 Å². The summed E-state index contributed by atoms with van der Waals surface area (Å²) in [6.45, 7) is 0. The number of anilines is 1. The number of halogens is 2. The van der Waals surface area contributed by atoms with Crippen molar-refractivity contribution in [3.63, 3.8) is 0 Å². The number of aromatic amines is 1. The average molecular weight is 409 g/mol. The van der Waals surface area contributed by atoms with Crippen molar-refractivity contribution in [2.45, 2.75) is 4.90 Å². The number of ether oxygens (including phenoxy) is 1. The van der Waals surface area contributed by atoms with Crippen LogP contribution in [0.25, 0.3) is 0 Å². The molecule has 2 aromatic carbocycles. The van der Waals surface area contributed by atoms with E-state index in [0.717, 1.165) is 10.4 Å². The number of carbonyl (C=O) groups is 1. The van der Waals surface area contributed by atoms with E-state index in [0.29, 0.717) is 5.02 Å². The summed E-state index contributed by atoms with van der Waals surface area (Å²) in [6.07, 6.45) is 1.45. The van der Waals surface area contributed by atoms with E-state index in [4.69, 9.17) is 16.3 Å². The normalized spacial score (nSPS) is 11.2. The van der Waals surface area contributed by atoms with E-state index in [9.17, 15) is 17.6 Å². The van der Waals surface area contributed by atoms with Crippen molar-refractivity contribution in [2.24, 2.45) is 0 Å². The predicted molar refractivity (Wildman–Crippen MR) is 99.2 cm³/mol. The first-order chi connectivity index (χ1) is 12.8. The van der Waals surface area contributed by atoms with Gasteiger partial charge >= 0.3 is 5.97 Å². The topological polar surface area (TPSA) is 79.5 Å². The number of nitrogens with zero attached hydrogens (tertiary/aromatic N) is 1. The summed E-state index contributed by atoms with van der Waals surface area (Å²) in [4.78, 5) is 14.2. The smallest absolute Gasteiger partial charge is 0.360 e. The number of rotatable bonds is 5. The van der Waals surface area contributed by atoms with Crippen LogP contribution in [0, 0.1) is 5.82 Å². The molecular formula is C18H14ClFN2O4S. The molecule has 0 spiro atoms. The Hall–Kier alpha value is -2.84. The van der Waals surface area contributed by atoms with Crippen molar-refractivity contribution in [3.05, 3.63) is 77.3 Å². The molecule has 0 saturated carbocycles. The number of hydrogen-bond acceptors (Lipinski definition) is 4. The van der Waals surface area contributed by atoms with Gasteiger partial charge in [-0.1, -0.05) is 23.7 Å². The van der Waals surface area contributed by atoms with Crippen LogP contribution in [0.4, 0.5) is 10.1 Å². The zero-order valence-corrected chi connectivity index (χ0v) is 15.6. The molecule has 9 heteroatoms. The third-order valence-electron chi connectivity index (χ3n) is 3.75. The van der Waals surface area contributed by atoms with Gasteiger partial charge in [-0.25, -0.2) is 17.6 Å². The molecule has 1 aromatic heterocycles. The molecule has 0 aliphatic heterocycles. The van der Waals surface area contributed by atoms with Crippen LogP contribution in [0.5, 0.6) is 5.75 Å². The van der Waals surface area contributed by atoms with Crippen LogP contribution in [0.2, 0.25) is 5.02 Å². The van der Waals surface area contributed by atoms with Crippen molar-refractivity contribution in [1.29, 1.82) is 0 Å². The van der Waals surface area contributed by atoms with Crippen molar-refractivity contribution >= 4 is 33.3 Å². The lowest BCUT2D eigenvalue weighted by atomic mass is 10.3. The van der Waals surface area contributed by atoms with Gasteiger partial charge in [0.15, 0.2) is 0 Å². The van der Waals surface area contributed by atoms with Gasteiger partial charge in [-0.3, -0.25) is 4.31 Å². The first-order valence-electron chi connectivity index (χ1n) is 7.68. The molecule has 0 unspecified atom stereocenters. The zero-order chi connectivity index (χ0) is 19.6. The fraction of sp³-hybridized carbons (Fsp3) is 0.0556. The highest BCUT2D eigenvalue weighted by Crippen LogP contribution is 2.26. The van der Waals surface area contributed by atoms with Gasteiger partial charge in [0.25, 0.3) is 10.0 Å². The molecule has 27 heavy (non-hydrogen) atoms. The van der Waals surface area contributed by atoms with Gasteiger partial charge in [-0.15, -0.1) is 0 Å². The van der Waals surface area contributed by atoms with Crippen LogP contribution < -0.4 is 9.04 Å². The van der Waals surface area contributed by atoms with Gasteiger partial charge in [-0.05, 0) is 42.5 Å². The highest BCUT2D eigenvalue weighted by atomic mass is 35.5. The molecule has 0 fully saturated rings. The van der Waals surface area contributed by atoms with Gasteiger partial charge in [0, 0.05) is 13.2 Å². The molecule has 0 radical (unpaired) electrons. The Morgan fingerprint density at radius 1 is 1.15 bits per heavy atom. The minimum Gasteiger partial charge on any atom is -0.422 e. The number of esters is 1. The van der Waals surface area contributed by atoms with E-state index in [-0.39, 0.29) is 17.1 Å². The Balaban J connectivity index is 1.78. The zero-order valence-electron chi connectivity index (χ0n) is 14.0. The lowest BCUT2D eigenvalue weighted by Gasteiger charge is -2.20. The number of H-pyrrole nitrogens is 1. The molecular weight excluding hydrogens is 395 g/mol. The summed E-state index contributed by atoms with van der Waals surface area (Å²) in [5.41, 5.74) is 0.462. The summed E-state index contributed by atoms with van der Waals surface area (Å²) < 4.78 is 45.2. The van der Waals surface area contributed by atoms with Crippen molar-refractivity contribution in [2.75, 3.05) is 11.4 Å². The Morgan fingerprint density at radius 3 is 2.41 bits per heavy atom. The number of sulfonamides is 1. The lowest BCUT2D eigenvalue weighted by Crippen LogP contribution is -2.27. The number of nitrogens with one attached hydrogen (secondary N) is 1. The molecule has 1 N–H and O–H groups in total. The van der Waals surface area contributed by atoms with Gasteiger partial charge < -0.3 is 9.72 Å². The Labute approximate surface area is 160 Å². The summed E-state index contributed by atoms with van der Waals surface area (Å²) >= 11 is 5.74. The summed E-state index contributed by atoms with van der Waals surface area (Å²) in [6, 6.07) is 12.3. The molecule has 0 aliphatic carbocycles.